The van der Waals surface area contributed by atoms with Crippen molar-refractivity contribution in [1.29, 1.82) is 0 Å². The second-order valence-corrected chi connectivity index (χ2v) is 9.24. The van der Waals surface area contributed by atoms with E-state index in [1.54, 1.807) is 12.1 Å². The van der Waals surface area contributed by atoms with Gasteiger partial charge in [-0.25, -0.2) is 0 Å². The lowest BCUT2D eigenvalue weighted by Gasteiger charge is -2.30. The number of carboxylic acids is 1. The highest BCUT2D eigenvalue weighted by atomic mass is 16.4. The van der Waals surface area contributed by atoms with Crippen LogP contribution >= 0.6 is 0 Å². The Bertz CT molecular complexity index is 921. The summed E-state index contributed by atoms with van der Waals surface area (Å²) >= 11 is 0. The standard InChI is InChI=1S/C22H25NO4/c1-21(2,3)13-7-12-8-14(22(4,5)6)10-16-18(12)15(9-13)19(26)23(20(16)27)11-17(24)25/h7-10H,11H2,1-6H3,(H,24,25). The monoisotopic (exact) mass is 367 g/mol. The number of imide groups is 1. The molecule has 5 nitrogen and oxygen atoms in total. The Kier molecular flexibility index (Phi) is 4.18. The summed E-state index contributed by atoms with van der Waals surface area (Å²) in [7, 11) is 0. The Balaban J connectivity index is 2.40. The van der Waals surface area contributed by atoms with Crippen LogP contribution in [0.5, 0.6) is 0 Å². The molecular formula is C22H25NO4. The van der Waals surface area contributed by atoms with Crippen molar-refractivity contribution in [3.05, 3.63) is 46.5 Å². The number of nitrogens with zero attached hydrogens (tertiary/aromatic N) is 1. The highest BCUT2D eigenvalue weighted by molar-refractivity contribution is 6.26. The van der Waals surface area contributed by atoms with Crippen LogP contribution in [0.25, 0.3) is 10.8 Å². The Morgan fingerprint density at radius 3 is 1.59 bits per heavy atom. The van der Waals surface area contributed by atoms with E-state index in [0.717, 1.165) is 21.4 Å². The minimum atomic E-state index is -1.21. The largest absolute Gasteiger partial charge is 0.480 e. The van der Waals surface area contributed by atoms with Crippen molar-refractivity contribution >= 4 is 28.6 Å². The van der Waals surface area contributed by atoms with Crippen molar-refractivity contribution < 1.29 is 19.5 Å². The van der Waals surface area contributed by atoms with Gasteiger partial charge in [0.1, 0.15) is 6.54 Å². The highest BCUT2D eigenvalue weighted by Gasteiger charge is 2.36. The smallest absolute Gasteiger partial charge is 0.323 e. The maximum atomic E-state index is 13.0. The van der Waals surface area contributed by atoms with E-state index in [2.05, 4.69) is 41.5 Å². The zero-order chi connectivity index (χ0) is 20.3. The summed E-state index contributed by atoms with van der Waals surface area (Å²) in [6.07, 6.45) is 0. The number of carbonyl (C=O) groups excluding carboxylic acids is 2. The number of benzene rings is 2. The van der Waals surface area contributed by atoms with E-state index in [9.17, 15) is 14.4 Å². The second kappa shape index (κ2) is 5.91. The Labute approximate surface area is 159 Å². The van der Waals surface area contributed by atoms with Crippen molar-refractivity contribution in [3.8, 4) is 0 Å². The molecule has 2 amide bonds. The van der Waals surface area contributed by atoms with Gasteiger partial charge in [-0.15, -0.1) is 0 Å². The molecule has 0 saturated heterocycles. The predicted molar refractivity (Wildman–Crippen MR) is 104 cm³/mol. The van der Waals surface area contributed by atoms with Crippen molar-refractivity contribution in [2.45, 2.75) is 52.4 Å². The minimum Gasteiger partial charge on any atom is -0.480 e. The van der Waals surface area contributed by atoms with Gasteiger partial charge in [0.05, 0.1) is 0 Å². The number of carboxylic acid groups (broad SMARTS) is 1. The summed E-state index contributed by atoms with van der Waals surface area (Å²) in [4.78, 5) is 38.0. The summed E-state index contributed by atoms with van der Waals surface area (Å²) in [5.41, 5.74) is 2.35. The van der Waals surface area contributed by atoms with Crippen molar-refractivity contribution in [2.75, 3.05) is 6.54 Å². The van der Waals surface area contributed by atoms with Crippen LogP contribution in [0, 0.1) is 0 Å². The molecule has 0 aliphatic carbocycles. The first-order valence-corrected chi connectivity index (χ1v) is 9.01. The first-order valence-electron chi connectivity index (χ1n) is 9.01. The number of hydrogen-bond donors (Lipinski definition) is 1. The van der Waals surface area contributed by atoms with Crippen molar-refractivity contribution in [1.82, 2.24) is 4.90 Å². The SMILES string of the molecule is CC(C)(C)c1cc2c3c(cc(C(C)(C)C)cc3c1)C(=O)N(CC(=O)O)C2=O. The molecule has 5 heteroatoms. The normalized spacial score (nSPS) is 14.8. The molecule has 1 aliphatic rings. The van der Waals surface area contributed by atoms with Crippen LogP contribution in [-0.4, -0.2) is 34.3 Å². The Hall–Kier alpha value is -2.69. The van der Waals surface area contributed by atoms with Gasteiger partial charge < -0.3 is 5.11 Å². The topological polar surface area (TPSA) is 74.7 Å². The van der Waals surface area contributed by atoms with Gasteiger partial charge in [0.25, 0.3) is 11.8 Å². The molecule has 0 spiro atoms. The van der Waals surface area contributed by atoms with Crippen LogP contribution in [0.15, 0.2) is 24.3 Å². The molecule has 0 unspecified atom stereocenters. The fourth-order valence-electron chi connectivity index (χ4n) is 3.38. The lowest BCUT2D eigenvalue weighted by Crippen LogP contribution is -2.43. The zero-order valence-corrected chi connectivity index (χ0v) is 16.6. The van der Waals surface area contributed by atoms with Crippen LogP contribution in [0.3, 0.4) is 0 Å². The van der Waals surface area contributed by atoms with E-state index >= 15 is 0 Å². The van der Waals surface area contributed by atoms with Gasteiger partial charge in [-0.1, -0.05) is 53.7 Å². The second-order valence-electron chi connectivity index (χ2n) is 9.24. The molecule has 1 heterocycles. The van der Waals surface area contributed by atoms with Crippen LogP contribution < -0.4 is 0 Å². The molecule has 0 fully saturated rings. The average Bonchev–Trinajstić information content (AvgIpc) is 2.53. The molecule has 0 saturated carbocycles. The third kappa shape index (κ3) is 3.22. The van der Waals surface area contributed by atoms with E-state index in [0.29, 0.717) is 16.5 Å². The van der Waals surface area contributed by atoms with Crippen LogP contribution in [0.4, 0.5) is 0 Å². The highest BCUT2D eigenvalue weighted by Crippen LogP contribution is 2.37. The molecule has 2 aromatic carbocycles. The van der Waals surface area contributed by atoms with Gasteiger partial charge in [0, 0.05) is 16.5 Å². The van der Waals surface area contributed by atoms with Gasteiger partial charge in [-0.3, -0.25) is 19.3 Å². The fraction of sp³-hybridized carbons (Fsp3) is 0.409. The maximum absolute atomic E-state index is 13.0. The molecule has 27 heavy (non-hydrogen) atoms. The third-order valence-electron chi connectivity index (χ3n) is 5.03. The Morgan fingerprint density at radius 1 is 0.852 bits per heavy atom. The quantitative estimate of drug-likeness (QED) is 0.811. The maximum Gasteiger partial charge on any atom is 0.323 e. The third-order valence-corrected chi connectivity index (χ3v) is 5.03. The van der Waals surface area contributed by atoms with Gasteiger partial charge in [0.2, 0.25) is 0 Å². The van der Waals surface area contributed by atoms with E-state index in [-0.39, 0.29) is 10.8 Å². The average molecular weight is 367 g/mol. The number of carbonyl (C=O) groups is 3. The zero-order valence-electron chi connectivity index (χ0n) is 16.6. The molecule has 1 N–H and O–H groups in total. The first-order chi connectivity index (χ1) is 12.3. The fourth-order valence-corrected chi connectivity index (χ4v) is 3.38. The molecular weight excluding hydrogens is 342 g/mol. The lowest BCUT2D eigenvalue weighted by molar-refractivity contribution is -0.137. The summed E-state index contributed by atoms with van der Waals surface area (Å²) < 4.78 is 0. The summed E-state index contributed by atoms with van der Waals surface area (Å²) in [5, 5.41) is 10.6. The van der Waals surface area contributed by atoms with Gasteiger partial charge in [0.15, 0.2) is 0 Å². The molecule has 2 aromatic rings. The van der Waals surface area contributed by atoms with Crippen LogP contribution in [0.2, 0.25) is 0 Å². The number of rotatable bonds is 2. The van der Waals surface area contributed by atoms with E-state index in [1.165, 1.54) is 0 Å². The first kappa shape index (κ1) is 19.1. The molecule has 0 bridgehead atoms. The summed E-state index contributed by atoms with van der Waals surface area (Å²) in [5.74, 6) is -2.31. The van der Waals surface area contributed by atoms with E-state index in [1.807, 2.05) is 12.1 Å². The summed E-state index contributed by atoms with van der Waals surface area (Å²) in [6, 6.07) is 7.66. The van der Waals surface area contributed by atoms with Gasteiger partial charge in [-0.05, 0) is 39.5 Å². The molecule has 142 valence electrons. The predicted octanol–water partition coefficient (Wildman–Crippen LogP) is 4.12. The molecule has 3 rings (SSSR count). The lowest BCUT2D eigenvalue weighted by atomic mass is 9.79. The van der Waals surface area contributed by atoms with E-state index < -0.39 is 24.3 Å². The van der Waals surface area contributed by atoms with Crippen molar-refractivity contribution in [3.63, 3.8) is 0 Å². The number of hydrogen-bond acceptors (Lipinski definition) is 3. The Morgan fingerprint density at radius 2 is 1.26 bits per heavy atom. The van der Waals surface area contributed by atoms with Crippen molar-refractivity contribution in [2.24, 2.45) is 0 Å². The molecule has 1 aliphatic heterocycles. The molecule has 0 radical (unpaired) electrons. The molecule has 0 aromatic heterocycles. The van der Waals surface area contributed by atoms with Gasteiger partial charge >= 0.3 is 5.97 Å². The van der Waals surface area contributed by atoms with Crippen LogP contribution in [0.1, 0.15) is 73.4 Å². The van der Waals surface area contributed by atoms with Gasteiger partial charge in [-0.2, -0.15) is 0 Å². The summed E-state index contributed by atoms with van der Waals surface area (Å²) in [6.45, 7) is 11.7. The van der Waals surface area contributed by atoms with Crippen LogP contribution in [-0.2, 0) is 15.6 Å². The molecule has 0 atom stereocenters. The minimum absolute atomic E-state index is 0.193. The number of aliphatic carboxylic acids is 1. The van der Waals surface area contributed by atoms with E-state index in [4.69, 9.17) is 5.11 Å². The number of amides is 2.